The number of halogens is 2. The highest BCUT2D eigenvalue weighted by Crippen LogP contribution is 2.37. The van der Waals surface area contributed by atoms with Crippen LogP contribution >= 0.6 is 23.2 Å². The summed E-state index contributed by atoms with van der Waals surface area (Å²) < 4.78 is 5.93. The van der Waals surface area contributed by atoms with Crippen LogP contribution in [0.5, 0.6) is 0 Å². The Kier molecular flexibility index (Phi) is 4.77. The third-order valence-corrected chi connectivity index (χ3v) is 3.68. The van der Waals surface area contributed by atoms with Crippen LogP contribution in [0.2, 0.25) is 10.0 Å². The summed E-state index contributed by atoms with van der Waals surface area (Å²) in [4.78, 5) is 0. The zero-order chi connectivity index (χ0) is 14.0. The Labute approximate surface area is 124 Å². The fourth-order valence-electron chi connectivity index (χ4n) is 2.24. The number of fused-ring (bicyclic) bond motifs is 1. The van der Waals surface area contributed by atoms with Crippen LogP contribution in [-0.2, 0) is 13.0 Å². The highest BCUT2D eigenvalue weighted by molar-refractivity contribution is 6.40. The number of hydrogen-bond donors (Lipinski definition) is 1. The monoisotopic (exact) mass is 299 g/mol. The molecule has 1 heterocycles. The molecule has 0 saturated carbocycles. The average molecular weight is 300 g/mol. The second kappa shape index (κ2) is 6.17. The van der Waals surface area contributed by atoms with Crippen LogP contribution in [0.25, 0.3) is 11.0 Å². The smallest absolute Gasteiger partial charge is 0.154 e. The molecule has 0 atom stereocenters. The lowest BCUT2D eigenvalue weighted by atomic mass is 9.99. The first-order valence-corrected chi connectivity index (χ1v) is 7.39. The van der Waals surface area contributed by atoms with Gasteiger partial charge in [-0.2, -0.15) is 0 Å². The summed E-state index contributed by atoms with van der Waals surface area (Å²) in [5, 5.41) is 5.59. The summed E-state index contributed by atoms with van der Waals surface area (Å²) in [6.45, 7) is 8.06. The summed E-state index contributed by atoms with van der Waals surface area (Å²) in [5.41, 5.74) is 1.89. The zero-order valence-corrected chi connectivity index (χ0v) is 13.0. The van der Waals surface area contributed by atoms with E-state index in [-0.39, 0.29) is 0 Å². The lowest BCUT2D eigenvalue weighted by Gasteiger charge is -2.07. The van der Waals surface area contributed by atoms with Crippen molar-refractivity contribution in [2.24, 2.45) is 5.92 Å². The molecule has 19 heavy (non-hydrogen) atoms. The molecule has 0 radical (unpaired) electrons. The molecule has 0 aliphatic rings. The Bertz CT molecular complexity index is 575. The first-order valence-electron chi connectivity index (χ1n) is 6.63. The standard InChI is InChI=1S/C15H19Cl2NO/c1-4-18-8-13-10(7-9(2)3)14-11(16)5-6-12(17)15(14)19-13/h5-6,9,18H,4,7-8H2,1-3H3. The van der Waals surface area contributed by atoms with Gasteiger partial charge in [0.15, 0.2) is 5.58 Å². The predicted octanol–water partition coefficient (Wildman–Crippen LogP) is 5.05. The number of furan rings is 1. The molecular weight excluding hydrogens is 281 g/mol. The van der Waals surface area contributed by atoms with Gasteiger partial charge in [0, 0.05) is 10.9 Å². The lowest BCUT2D eigenvalue weighted by Crippen LogP contribution is -2.12. The Hall–Kier alpha value is -0.700. The van der Waals surface area contributed by atoms with Crippen LogP contribution in [0.1, 0.15) is 32.1 Å². The van der Waals surface area contributed by atoms with Crippen LogP contribution in [0, 0.1) is 5.92 Å². The van der Waals surface area contributed by atoms with Gasteiger partial charge in [-0.05, 0) is 31.0 Å². The molecule has 4 heteroatoms. The van der Waals surface area contributed by atoms with Crippen LogP contribution in [0.3, 0.4) is 0 Å². The Balaban J connectivity index is 2.59. The normalized spacial score (nSPS) is 11.7. The lowest BCUT2D eigenvalue weighted by molar-refractivity contribution is 0.506. The van der Waals surface area contributed by atoms with Gasteiger partial charge >= 0.3 is 0 Å². The minimum absolute atomic E-state index is 0.538. The fraction of sp³-hybridized carbons (Fsp3) is 0.467. The Morgan fingerprint density at radius 2 is 1.89 bits per heavy atom. The highest BCUT2D eigenvalue weighted by Gasteiger charge is 2.19. The van der Waals surface area contributed by atoms with Crippen molar-refractivity contribution in [1.82, 2.24) is 5.32 Å². The van der Waals surface area contributed by atoms with Crippen molar-refractivity contribution in [3.63, 3.8) is 0 Å². The van der Waals surface area contributed by atoms with Crippen molar-refractivity contribution < 1.29 is 4.42 Å². The molecule has 2 nitrogen and oxygen atoms in total. The molecule has 2 aromatic rings. The SMILES string of the molecule is CCNCc1oc2c(Cl)ccc(Cl)c2c1CC(C)C. The van der Waals surface area contributed by atoms with Crippen LogP contribution in [-0.4, -0.2) is 6.54 Å². The molecule has 0 aliphatic heterocycles. The first kappa shape index (κ1) is 14.7. The summed E-state index contributed by atoms with van der Waals surface area (Å²) in [7, 11) is 0. The molecular formula is C15H19Cl2NO. The molecule has 0 saturated heterocycles. The van der Waals surface area contributed by atoms with E-state index in [9.17, 15) is 0 Å². The molecule has 0 aliphatic carbocycles. The van der Waals surface area contributed by atoms with Crippen molar-refractivity contribution in [3.05, 3.63) is 33.5 Å². The predicted molar refractivity (Wildman–Crippen MR) is 82.2 cm³/mol. The first-order chi connectivity index (χ1) is 9.04. The Morgan fingerprint density at radius 3 is 2.53 bits per heavy atom. The quantitative estimate of drug-likeness (QED) is 0.836. The van der Waals surface area contributed by atoms with Crippen molar-refractivity contribution in [1.29, 1.82) is 0 Å². The van der Waals surface area contributed by atoms with E-state index in [1.807, 2.05) is 6.07 Å². The van der Waals surface area contributed by atoms with Gasteiger partial charge in [0.25, 0.3) is 0 Å². The molecule has 0 bridgehead atoms. The summed E-state index contributed by atoms with van der Waals surface area (Å²) in [5.74, 6) is 1.48. The molecule has 1 aromatic heterocycles. The van der Waals surface area contributed by atoms with E-state index in [1.165, 1.54) is 5.56 Å². The van der Waals surface area contributed by atoms with Gasteiger partial charge in [-0.15, -0.1) is 0 Å². The van der Waals surface area contributed by atoms with Gasteiger partial charge in [-0.1, -0.05) is 44.0 Å². The van der Waals surface area contributed by atoms with E-state index in [2.05, 4.69) is 26.1 Å². The van der Waals surface area contributed by atoms with Gasteiger partial charge in [0.1, 0.15) is 5.76 Å². The molecule has 104 valence electrons. The minimum atomic E-state index is 0.538. The largest absolute Gasteiger partial charge is 0.458 e. The molecule has 0 fully saturated rings. The van der Waals surface area contributed by atoms with E-state index < -0.39 is 0 Å². The molecule has 0 amide bonds. The fourth-order valence-corrected chi connectivity index (χ4v) is 2.70. The molecule has 2 rings (SSSR count). The van der Waals surface area contributed by atoms with Gasteiger partial charge in [0.05, 0.1) is 16.6 Å². The van der Waals surface area contributed by atoms with Crippen molar-refractivity contribution in [2.75, 3.05) is 6.54 Å². The van der Waals surface area contributed by atoms with E-state index in [0.29, 0.717) is 28.1 Å². The zero-order valence-electron chi connectivity index (χ0n) is 11.5. The van der Waals surface area contributed by atoms with Crippen LogP contribution in [0.15, 0.2) is 16.5 Å². The average Bonchev–Trinajstić information content (AvgIpc) is 2.71. The minimum Gasteiger partial charge on any atom is -0.458 e. The highest BCUT2D eigenvalue weighted by atomic mass is 35.5. The van der Waals surface area contributed by atoms with E-state index in [4.69, 9.17) is 27.6 Å². The maximum absolute atomic E-state index is 6.33. The maximum Gasteiger partial charge on any atom is 0.154 e. The van der Waals surface area contributed by atoms with Crippen LogP contribution in [0.4, 0.5) is 0 Å². The topological polar surface area (TPSA) is 25.2 Å². The van der Waals surface area contributed by atoms with E-state index >= 15 is 0 Å². The summed E-state index contributed by atoms with van der Waals surface area (Å²) in [6.07, 6.45) is 0.938. The van der Waals surface area contributed by atoms with Gasteiger partial charge in [-0.3, -0.25) is 0 Å². The maximum atomic E-state index is 6.33. The van der Waals surface area contributed by atoms with Gasteiger partial charge < -0.3 is 9.73 Å². The van der Waals surface area contributed by atoms with Crippen molar-refractivity contribution in [2.45, 2.75) is 33.7 Å². The third kappa shape index (κ3) is 3.07. The molecule has 1 N–H and O–H groups in total. The summed E-state index contributed by atoms with van der Waals surface area (Å²) in [6, 6.07) is 3.62. The molecule has 0 spiro atoms. The van der Waals surface area contributed by atoms with Gasteiger partial charge in [0.2, 0.25) is 0 Å². The van der Waals surface area contributed by atoms with E-state index in [1.54, 1.807) is 6.07 Å². The molecule has 0 unspecified atom stereocenters. The van der Waals surface area contributed by atoms with Gasteiger partial charge in [-0.25, -0.2) is 0 Å². The van der Waals surface area contributed by atoms with Crippen molar-refractivity contribution in [3.8, 4) is 0 Å². The third-order valence-electron chi connectivity index (χ3n) is 3.07. The second-order valence-electron chi connectivity index (χ2n) is 5.12. The Morgan fingerprint density at radius 1 is 1.21 bits per heavy atom. The number of hydrogen-bond acceptors (Lipinski definition) is 2. The second-order valence-corrected chi connectivity index (χ2v) is 5.93. The number of benzene rings is 1. The van der Waals surface area contributed by atoms with E-state index in [0.717, 1.165) is 24.1 Å². The van der Waals surface area contributed by atoms with Crippen molar-refractivity contribution >= 4 is 34.2 Å². The molecule has 1 aromatic carbocycles. The number of nitrogens with one attached hydrogen (secondary N) is 1. The summed E-state index contributed by atoms with van der Waals surface area (Å²) >= 11 is 12.5. The number of rotatable bonds is 5. The van der Waals surface area contributed by atoms with Crippen LogP contribution < -0.4 is 5.32 Å².